The number of benzene rings is 1. The van der Waals surface area contributed by atoms with Crippen molar-refractivity contribution in [3.8, 4) is 0 Å². The number of nitrogens with two attached hydrogens (primary N) is 1. The van der Waals surface area contributed by atoms with Crippen LogP contribution in [0.4, 0.5) is 0 Å². The third-order valence-electron chi connectivity index (χ3n) is 4.23. The van der Waals surface area contributed by atoms with Gasteiger partial charge in [0.05, 0.1) is 12.1 Å². The van der Waals surface area contributed by atoms with Crippen molar-refractivity contribution in [2.24, 2.45) is 5.73 Å². The highest BCUT2D eigenvalue weighted by Crippen LogP contribution is 2.30. The molecule has 2 unspecified atom stereocenters. The number of carbonyl (C=O) groups is 1. The number of nitrogens with one attached hydrogen (secondary N) is 1. The quantitative estimate of drug-likeness (QED) is 0.910. The summed E-state index contributed by atoms with van der Waals surface area (Å²) in [6, 6.07) is 10.1. The van der Waals surface area contributed by atoms with Gasteiger partial charge >= 0.3 is 0 Å². The molecule has 0 radical (unpaired) electrons. The van der Waals surface area contributed by atoms with Crippen LogP contribution in [0, 0.1) is 0 Å². The number of carbonyl (C=O) groups excluding carboxylic acids is 1. The zero-order valence-corrected chi connectivity index (χ0v) is 13.7. The van der Waals surface area contributed by atoms with Crippen LogP contribution in [0.2, 0.25) is 0 Å². The van der Waals surface area contributed by atoms with Crippen molar-refractivity contribution in [1.82, 2.24) is 5.32 Å². The van der Waals surface area contributed by atoms with Gasteiger partial charge in [-0.3, -0.25) is 4.79 Å². The highest BCUT2D eigenvalue weighted by Gasteiger charge is 2.21. The summed E-state index contributed by atoms with van der Waals surface area (Å²) in [6.45, 7) is 1.72. The van der Waals surface area contributed by atoms with Crippen LogP contribution in [0.3, 0.4) is 0 Å². The van der Waals surface area contributed by atoms with Gasteiger partial charge in [0.2, 0.25) is 5.91 Å². The molecule has 3 N–H and O–H groups in total. The number of rotatable bonds is 4. The zero-order valence-electron chi connectivity index (χ0n) is 12.8. The van der Waals surface area contributed by atoms with Gasteiger partial charge in [0.25, 0.3) is 0 Å². The van der Waals surface area contributed by atoms with E-state index in [1.807, 2.05) is 11.4 Å². The van der Waals surface area contributed by atoms with Crippen LogP contribution in [0.1, 0.15) is 47.4 Å². The van der Waals surface area contributed by atoms with E-state index in [0.29, 0.717) is 0 Å². The summed E-state index contributed by atoms with van der Waals surface area (Å²) < 4.78 is 0. The van der Waals surface area contributed by atoms with E-state index < -0.39 is 6.04 Å². The Morgan fingerprint density at radius 2 is 2.00 bits per heavy atom. The predicted octanol–water partition coefficient (Wildman–Crippen LogP) is 3.18. The number of amides is 1. The second kappa shape index (κ2) is 6.63. The lowest BCUT2D eigenvalue weighted by molar-refractivity contribution is -0.122. The summed E-state index contributed by atoms with van der Waals surface area (Å²) in [5.41, 5.74) is 9.76. The summed E-state index contributed by atoms with van der Waals surface area (Å²) in [5.74, 6) is -0.115. The molecule has 2 aromatic rings. The van der Waals surface area contributed by atoms with Crippen LogP contribution in [0.5, 0.6) is 0 Å². The van der Waals surface area contributed by atoms with Crippen LogP contribution in [0.15, 0.2) is 35.7 Å². The van der Waals surface area contributed by atoms with Crippen molar-refractivity contribution >= 4 is 17.2 Å². The lowest BCUT2D eigenvalue weighted by Gasteiger charge is -2.22. The van der Waals surface area contributed by atoms with Crippen molar-refractivity contribution < 1.29 is 4.79 Å². The van der Waals surface area contributed by atoms with E-state index in [0.717, 1.165) is 16.9 Å². The summed E-state index contributed by atoms with van der Waals surface area (Å²) in [4.78, 5) is 13.2. The lowest BCUT2D eigenvalue weighted by Crippen LogP contribution is -2.40. The van der Waals surface area contributed by atoms with E-state index in [4.69, 9.17) is 5.73 Å². The van der Waals surface area contributed by atoms with Gasteiger partial charge in [0.1, 0.15) is 0 Å². The Balaban J connectivity index is 1.93. The first-order chi connectivity index (χ1) is 10.6. The van der Waals surface area contributed by atoms with Crippen molar-refractivity contribution in [3.63, 3.8) is 0 Å². The van der Waals surface area contributed by atoms with E-state index in [1.165, 1.54) is 30.4 Å². The SMILES string of the molecule is CC(N)C(=O)NC(c1ccc2c(c1)CCCC2)c1cccs1. The highest BCUT2D eigenvalue weighted by molar-refractivity contribution is 7.10. The highest BCUT2D eigenvalue weighted by atomic mass is 32.1. The monoisotopic (exact) mass is 314 g/mol. The summed E-state index contributed by atoms with van der Waals surface area (Å²) in [7, 11) is 0. The van der Waals surface area contributed by atoms with Gasteiger partial charge in [0.15, 0.2) is 0 Å². The molecule has 0 aliphatic heterocycles. The minimum atomic E-state index is -0.500. The van der Waals surface area contributed by atoms with Crippen molar-refractivity contribution in [3.05, 3.63) is 57.3 Å². The molecule has 0 bridgehead atoms. The molecule has 0 saturated heterocycles. The smallest absolute Gasteiger partial charge is 0.237 e. The largest absolute Gasteiger partial charge is 0.343 e. The number of fused-ring (bicyclic) bond motifs is 1. The van der Waals surface area contributed by atoms with E-state index in [9.17, 15) is 4.79 Å². The molecule has 1 aliphatic rings. The molecule has 1 amide bonds. The molecule has 3 nitrogen and oxygen atoms in total. The first kappa shape index (κ1) is 15.3. The molecular formula is C18H22N2OS. The fraction of sp³-hybridized carbons (Fsp3) is 0.389. The van der Waals surface area contributed by atoms with Gasteiger partial charge in [-0.25, -0.2) is 0 Å². The average molecular weight is 314 g/mol. The predicted molar refractivity (Wildman–Crippen MR) is 91.0 cm³/mol. The Morgan fingerprint density at radius 3 is 2.68 bits per heavy atom. The first-order valence-electron chi connectivity index (χ1n) is 7.86. The third-order valence-corrected chi connectivity index (χ3v) is 5.17. The molecule has 2 atom stereocenters. The molecule has 1 aliphatic carbocycles. The molecule has 116 valence electrons. The normalized spacial score (nSPS) is 16.6. The van der Waals surface area contributed by atoms with Gasteiger partial charge in [-0.05, 0) is 60.7 Å². The molecular weight excluding hydrogens is 292 g/mol. The molecule has 1 heterocycles. The number of aryl methyl sites for hydroxylation is 2. The number of hydrogen-bond donors (Lipinski definition) is 2. The van der Waals surface area contributed by atoms with Gasteiger partial charge in [-0.2, -0.15) is 0 Å². The van der Waals surface area contributed by atoms with E-state index >= 15 is 0 Å². The van der Waals surface area contributed by atoms with E-state index in [-0.39, 0.29) is 11.9 Å². The minimum Gasteiger partial charge on any atom is -0.343 e. The second-order valence-electron chi connectivity index (χ2n) is 5.98. The van der Waals surface area contributed by atoms with Gasteiger partial charge < -0.3 is 11.1 Å². The Labute approximate surface area is 135 Å². The van der Waals surface area contributed by atoms with Crippen LogP contribution in [-0.2, 0) is 17.6 Å². The number of hydrogen-bond acceptors (Lipinski definition) is 3. The standard InChI is InChI=1S/C18H22N2OS/c1-12(19)18(21)20-17(16-7-4-10-22-16)15-9-8-13-5-2-3-6-14(13)11-15/h4,7-12,17H,2-3,5-6,19H2,1H3,(H,20,21). The van der Waals surface area contributed by atoms with E-state index in [2.05, 4.69) is 29.6 Å². The Kier molecular flexibility index (Phi) is 4.60. The summed E-state index contributed by atoms with van der Waals surface area (Å²) in [5, 5.41) is 5.13. The molecule has 1 aromatic heterocycles. The minimum absolute atomic E-state index is 0.106. The summed E-state index contributed by atoms with van der Waals surface area (Å²) >= 11 is 1.66. The molecule has 0 saturated carbocycles. The van der Waals surface area contributed by atoms with Crippen molar-refractivity contribution in [2.45, 2.75) is 44.7 Å². The molecule has 1 aromatic carbocycles. The van der Waals surface area contributed by atoms with E-state index in [1.54, 1.807) is 18.3 Å². The lowest BCUT2D eigenvalue weighted by atomic mass is 9.89. The molecule has 0 spiro atoms. The molecule has 0 fully saturated rings. The maximum Gasteiger partial charge on any atom is 0.237 e. The third kappa shape index (κ3) is 3.23. The Hall–Kier alpha value is -1.65. The van der Waals surface area contributed by atoms with Crippen LogP contribution < -0.4 is 11.1 Å². The van der Waals surface area contributed by atoms with Gasteiger partial charge in [0, 0.05) is 4.88 Å². The van der Waals surface area contributed by atoms with Gasteiger partial charge in [-0.15, -0.1) is 11.3 Å². The molecule has 3 rings (SSSR count). The van der Waals surface area contributed by atoms with Gasteiger partial charge in [-0.1, -0.05) is 24.3 Å². The Bertz CT molecular complexity index is 649. The van der Waals surface area contributed by atoms with Crippen LogP contribution >= 0.6 is 11.3 Å². The van der Waals surface area contributed by atoms with Crippen molar-refractivity contribution in [2.75, 3.05) is 0 Å². The molecule has 4 heteroatoms. The maximum absolute atomic E-state index is 12.1. The topological polar surface area (TPSA) is 55.1 Å². The van der Waals surface area contributed by atoms with Crippen molar-refractivity contribution in [1.29, 1.82) is 0 Å². The Morgan fingerprint density at radius 1 is 1.23 bits per heavy atom. The average Bonchev–Trinajstić information content (AvgIpc) is 3.06. The first-order valence-corrected chi connectivity index (χ1v) is 8.74. The molecule has 22 heavy (non-hydrogen) atoms. The fourth-order valence-corrected chi connectivity index (χ4v) is 3.78. The van der Waals surface area contributed by atoms with Crippen LogP contribution in [-0.4, -0.2) is 11.9 Å². The zero-order chi connectivity index (χ0) is 15.5. The second-order valence-corrected chi connectivity index (χ2v) is 6.96. The number of thiophene rings is 1. The summed E-state index contributed by atoms with van der Waals surface area (Å²) in [6.07, 6.45) is 4.85. The van der Waals surface area contributed by atoms with Crippen LogP contribution in [0.25, 0.3) is 0 Å². The fourth-order valence-electron chi connectivity index (χ4n) is 2.98. The maximum atomic E-state index is 12.1.